The molecule has 0 aliphatic rings. The maximum Gasteiger partial charge on any atom is 0.265 e. The van der Waals surface area contributed by atoms with Crippen molar-refractivity contribution in [1.82, 2.24) is 0 Å². The molecular formula is C14H20Cl2O3S. The Morgan fingerprint density at radius 2 is 1.95 bits per heavy atom. The van der Waals surface area contributed by atoms with Gasteiger partial charge in [-0.05, 0) is 36.0 Å². The lowest BCUT2D eigenvalue weighted by atomic mass is 9.84. The zero-order valence-corrected chi connectivity index (χ0v) is 14.0. The van der Waals surface area contributed by atoms with Gasteiger partial charge in [-0.3, -0.25) is 4.55 Å². The van der Waals surface area contributed by atoms with Gasteiger partial charge in [-0.25, -0.2) is 0 Å². The molecule has 1 N–H and O–H groups in total. The summed E-state index contributed by atoms with van der Waals surface area (Å²) in [4.78, 5) is 0. The highest BCUT2D eigenvalue weighted by Gasteiger charge is 2.25. The van der Waals surface area contributed by atoms with Crippen molar-refractivity contribution in [3.05, 3.63) is 33.8 Å². The van der Waals surface area contributed by atoms with Crippen molar-refractivity contribution in [2.75, 3.05) is 5.75 Å². The highest BCUT2D eigenvalue weighted by atomic mass is 35.5. The van der Waals surface area contributed by atoms with Gasteiger partial charge >= 0.3 is 0 Å². The fourth-order valence-electron chi connectivity index (χ4n) is 2.42. The van der Waals surface area contributed by atoms with Crippen molar-refractivity contribution in [3.8, 4) is 0 Å². The fraction of sp³-hybridized carbons (Fsp3) is 0.571. The number of hydrogen-bond donors (Lipinski definition) is 1. The SMILES string of the molecule is CCCCC(c1ccc(Cl)cc1Cl)C(C)CS(=O)(=O)O. The van der Waals surface area contributed by atoms with Crippen LogP contribution in [0.15, 0.2) is 18.2 Å². The maximum absolute atomic E-state index is 11.1. The first-order valence-corrected chi connectivity index (χ1v) is 9.01. The lowest BCUT2D eigenvalue weighted by Crippen LogP contribution is -2.20. The molecule has 1 aromatic rings. The Bertz CT molecular complexity index is 543. The number of halogens is 2. The van der Waals surface area contributed by atoms with Crippen molar-refractivity contribution in [3.63, 3.8) is 0 Å². The summed E-state index contributed by atoms with van der Waals surface area (Å²) in [6.45, 7) is 3.90. The highest BCUT2D eigenvalue weighted by molar-refractivity contribution is 7.85. The van der Waals surface area contributed by atoms with Gasteiger partial charge in [0.1, 0.15) is 0 Å². The number of hydrogen-bond acceptors (Lipinski definition) is 2. The Labute approximate surface area is 131 Å². The monoisotopic (exact) mass is 338 g/mol. The largest absolute Gasteiger partial charge is 0.286 e. The van der Waals surface area contributed by atoms with Crippen molar-refractivity contribution < 1.29 is 13.0 Å². The van der Waals surface area contributed by atoms with Crippen LogP contribution in [0, 0.1) is 5.92 Å². The Morgan fingerprint density at radius 3 is 2.45 bits per heavy atom. The molecule has 0 heterocycles. The van der Waals surface area contributed by atoms with Gasteiger partial charge in [0.05, 0.1) is 5.75 Å². The summed E-state index contributed by atoms with van der Waals surface area (Å²) in [6, 6.07) is 5.25. The average molecular weight is 339 g/mol. The van der Waals surface area contributed by atoms with E-state index in [-0.39, 0.29) is 17.6 Å². The Hall–Kier alpha value is -0.290. The second-order valence-corrected chi connectivity index (χ2v) is 7.48. The van der Waals surface area contributed by atoms with Gasteiger partial charge in [0.15, 0.2) is 0 Å². The van der Waals surface area contributed by atoms with E-state index in [4.69, 9.17) is 27.8 Å². The van der Waals surface area contributed by atoms with Crippen molar-refractivity contribution >= 4 is 33.3 Å². The number of rotatable bonds is 7. The van der Waals surface area contributed by atoms with E-state index < -0.39 is 10.1 Å². The molecule has 1 aromatic carbocycles. The van der Waals surface area contributed by atoms with Gasteiger partial charge in [0.25, 0.3) is 10.1 Å². The molecule has 0 spiro atoms. The van der Waals surface area contributed by atoms with Gasteiger partial charge in [-0.1, -0.05) is 56.0 Å². The molecule has 1 rings (SSSR count). The van der Waals surface area contributed by atoms with E-state index in [0.717, 1.165) is 24.8 Å². The van der Waals surface area contributed by atoms with E-state index in [0.29, 0.717) is 10.0 Å². The van der Waals surface area contributed by atoms with E-state index in [1.807, 2.05) is 13.0 Å². The van der Waals surface area contributed by atoms with E-state index >= 15 is 0 Å². The normalized spacial score (nSPS) is 15.1. The molecule has 0 aliphatic heterocycles. The Morgan fingerprint density at radius 1 is 1.30 bits per heavy atom. The zero-order valence-electron chi connectivity index (χ0n) is 11.6. The molecule has 6 heteroatoms. The smallest absolute Gasteiger partial charge is 0.265 e. The summed E-state index contributed by atoms with van der Waals surface area (Å²) >= 11 is 12.1. The molecule has 114 valence electrons. The molecule has 0 saturated carbocycles. The van der Waals surface area contributed by atoms with E-state index in [2.05, 4.69) is 6.92 Å². The average Bonchev–Trinajstić information content (AvgIpc) is 2.29. The second-order valence-electron chi connectivity index (χ2n) is 5.14. The molecule has 0 radical (unpaired) electrons. The Balaban J connectivity index is 3.04. The first-order chi connectivity index (χ1) is 9.24. The summed E-state index contributed by atoms with van der Waals surface area (Å²) in [5.41, 5.74) is 0.890. The lowest BCUT2D eigenvalue weighted by molar-refractivity contribution is 0.424. The van der Waals surface area contributed by atoms with Crippen LogP contribution in [0.25, 0.3) is 0 Å². The summed E-state index contributed by atoms with van der Waals surface area (Å²) in [6.07, 6.45) is 2.81. The van der Waals surface area contributed by atoms with Crippen LogP contribution in [0.3, 0.4) is 0 Å². The van der Waals surface area contributed by atoms with Crippen LogP contribution in [0.2, 0.25) is 10.0 Å². The standard InChI is InChI=1S/C14H20Cl2O3S/c1-3-4-5-12(10(2)9-20(17,18)19)13-7-6-11(15)8-14(13)16/h6-8,10,12H,3-5,9H2,1-2H3,(H,17,18,19). The molecule has 2 atom stereocenters. The molecule has 20 heavy (non-hydrogen) atoms. The summed E-state index contributed by atoms with van der Waals surface area (Å²) < 4.78 is 31.2. The maximum atomic E-state index is 11.1. The molecule has 0 aliphatic carbocycles. The second kappa shape index (κ2) is 7.64. The summed E-state index contributed by atoms with van der Waals surface area (Å²) in [5, 5.41) is 1.09. The third kappa shape index (κ3) is 5.60. The minimum absolute atomic E-state index is 0.0124. The van der Waals surface area contributed by atoms with E-state index in [1.54, 1.807) is 12.1 Å². The van der Waals surface area contributed by atoms with Crippen LogP contribution in [-0.4, -0.2) is 18.7 Å². The predicted molar refractivity (Wildman–Crippen MR) is 84.3 cm³/mol. The van der Waals surface area contributed by atoms with Crippen LogP contribution in [0.4, 0.5) is 0 Å². The summed E-state index contributed by atoms with van der Waals surface area (Å²) in [5.74, 6) is -0.489. The van der Waals surface area contributed by atoms with Crippen LogP contribution >= 0.6 is 23.2 Å². The fourth-order valence-corrected chi connectivity index (χ4v) is 3.87. The number of benzene rings is 1. The van der Waals surface area contributed by atoms with Gasteiger partial charge in [-0.2, -0.15) is 8.42 Å². The first-order valence-electron chi connectivity index (χ1n) is 6.64. The van der Waals surface area contributed by atoms with E-state index in [9.17, 15) is 8.42 Å². The molecule has 3 nitrogen and oxygen atoms in total. The molecule has 0 amide bonds. The van der Waals surface area contributed by atoms with Gasteiger partial charge in [0, 0.05) is 10.0 Å². The van der Waals surface area contributed by atoms with Gasteiger partial charge in [0.2, 0.25) is 0 Å². The van der Waals surface area contributed by atoms with Crippen LogP contribution in [0.1, 0.15) is 44.6 Å². The minimum atomic E-state index is -3.99. The van der Waals surface area contributed by atoms with Crippen LogP contribution in [-0.2, 0) is 10.1 Å². The third-order valence-corrected chi connectivity index (χ3v) is 4.90. The topological polar surface area (TPSA) is 54.4 Å². The van der Waals surface area contributed by atoms with Gasteiger partial charge in [-0.15, -0.1) is 0 Å². The summed E-state index contributed by atoms with van der Waals surface area (Å²) in [7, 11) is -3.99. The first kappa shape index (κ1) is 17.8. The highest BCUT2D eigenvalue weighted by Crippen LogP contribution is 2.36. The molecule has 0 fully saturated rings. The quantitative estimate of drug-likeness (QED) is 0.727. The Kier molecular flexibility index (Phi) is 6.79. The number of unbranched alkanes of at least 4 members (excludes halogenated alkanes) is 1. The molecule has 2 unspecified atom stereocenters. The van der Waals surface area contributed by atoms with Crippen molar-refractivity contribution in [2.45, 2.75) is 39.0 Å². The van der Waals surface area contributed by atoms with Crippen LogP contribution in [0.5, 0.6) is 0 Å². The van der Waals surface area contributed by atoms with Crippen molar-refractivity contribution in [2.24, 2.45) is 5.92 Å². The van der Waals surface area contributed by atoms with Crippen LogP contribution < -0.4 is 0 Å². The minimum Gasteiger partial charge on any atom is -0.286 e. The third-order valence-electron chi connectivity index (χ3n) is 3.39. The zero-order chi connectivity index (χ0) is 15.3. The molecular weight excluding hydrogens is 319 g/mol. The van der Waals surface area contributed by atoms with Gasteiger partial charge < -0.3 is 0 Å². The lowest BCUT2D eigenvalue weighted by Gasteiger charge is -2.24. The predicted octanol–water partition coefficient (Wildman–Crippen LogP) is 4.79. The molecule has 0 bridgehead atoms. The molecule has 0 saturated heterocycles. The molecule has 0 aromatic heterocycles. The van der Waals surface area contributed by atoms with E-state index in [1.165, 1.54) is 0 Å². The van der Waals surface area contributed by atoms with Crippen molar-refractivity contribution in [1.29, 1.82) is 0 Å².